The average Bonchev–Trinajstić information content (AvgIpc) is 2.58. The highest BCUT2D eigenvalue weighted by Gasteiger charge is 2.13. The van der Waals surface area contributed by atoms with Gasteiger partial charge in [0.05, 0.1) is 0 Å². The monoisotopic (exact) mass is 274 g/mol. The summed E-state index contributed by atoms with van der Waals surface area (Å²) in [6, 6.07) is 27.1. The molecule has 0 aliphatic carbocycles. The fourth-order valence-corrected chi connectivity index (χ4v) is 2.47. The molecular weight excluding hydrogens is 256 g/mol. The van der Waals surface area contributed by atoms with Gasteiger partial charge in [-0.15, -0.1) is 0 Å². The summed E-state index contributed by atoms with van der Waals surface area (Å²) in [5.74, 6) is 1.23. The number of hydrogen-bond donors (Lipinski definition) is 1. The summed E-state index contributed by atoms with van der Waals surface area (Å²) in [5, 5.41) is 3.43. The normalized spacial score (nSPS) is 10.5. The summed E-state index contributed by atoms with van der Waals surface area (Å²) in [6.07, 6.45) is 1.81. The predicted molar refractivity (Wildman–Crippen MR) is 87.5 cm³/mol. The predicted octanol–water partition coefficient (Wildman–Crippen LogP) is 4.33. The lowest BCUT2D eigenvalue weighted by Gasteiger charge is -2.19. The van der Waals surface area contributed by atoms with E-state index in [1.807, 2.05) is 24.4 Å². The third-order valence-electron chi connectivity index (χ3n) is 3.56. The molecule has 2 nitrogen and oxygen atoms in total. The molecule has 1 N–H and O–H groups in total. The van der Waals surface area contributed by atoms with Gasteiger partial charge in [-0.2, -0.15) is 0 Å². The van der Waals surface area contributed by atoms with Gasteiger partial charge in [0, 0.05) is 18.7 Å². The van der Waals surface area contributed by atoms with E-state index < -0.39 is 0 Å². The second-order valence-electron chi connectivity index (χ2n) is 4.97. The van der Waals surface area contributed by atoms with Crippen molar-refractivity contribution in [2.45, 2.75) is 5.92 Å². The van der Waals surface area contributed by atoms with Gasteiger partial charge in [-0.05, 0) is 23.3 Å². The minimum Gasteiger partial charge on any atom is -0.369 e. The first-order chi connectivity index (χ1) is 10.4. The highest BCUT2D eigenvalue weighted by atomic mass is 15.0. The number of benzene rings is 2. The van der Waals surface area contributed by atoms with Crippen LogP contribution < -0.4 is 5.32 Å². The molecule has 0 amide bonds. The van der Waals surface area contributed by atoms with Crippen LogP contribution in [0.25, 0.3) is 0 Å². The zero-order valence-corrected chi connectivity index (χ0v) is 11.8. The fourth-order valence-electron chi connectivity index (χ4n) is 2.47. The highest BCUT2D eigenvalue weighted by molar-refractivity contribution is 5.38. The van der Waals surface area contributed by atoms with E-state index in [1.165, 1.54) is 11.1 Å². The van der Waals surface area contributed by atoms with E-state index in [9.17, 15) is 0 Å². The first-order valence-corrected chi connectivity index (χ1v) is 7.18. The lowest BCUT2D eigenvalue weighted by atomic mass is 9.91. The Morgan fingerprint density at radius 2 is 1.29 bits per heavy atom. The minimum absolute atomic E-state index is 0.314. The molecule has 0 aliphatic rings. The molecule has 2 heteroatoms. The van der Waals surface area contributed by atoms with Gasteiger partial charge < -0.3 is 5.32 Å². The van der Waals surface area contributed by atoms with Crippen LogP contribution in [-0.4, -0.2) is 11.5 Å². The molecule has 0 spiro atoms. The van der Waals surface area contributed by atoms with Crippen LogP contribution in [0.15, 0.2) is 85.1 Å². The van der Waals surface area contributed by atoms with Gasteiger partial charge in [-0.3, -0.25) is 0 Å². The van der Waals surface area contributed by atoms with Crippen LogP contribution in [0.3, 0.4) is 0 Å². The molecule has 0 saturated carbocycles. The number of nitrogens with zero attached hydrogens (tertiary/aromatic N) is 1. The van der Waals surface area contributed by atoms with Crippen molar-refractivity contribution in [2.24, 2.45) is 0 Å². The number of rotatable bonds is 5. The topological polar surface area (TPSA) is 24.9 Å². The number of hydrogen-bond acceptors (Lipinski definition) is 2. The molecule has 0 fully saturated rings. The molecule has 2 aromatic carbocycles. The maximum absolute atomic E-state index is 4.33. The second-order valence-corrected chi connectivity index (χ2v) is 4.97. The lowest BCUT2D eigenvalue weighted by Crippen LogP contribution is -2.14. The van der Waals surface area contributed by atoms with Crippen LogP contribution in [0.1, 0.15) is 17.0 Å². The molecule has 3 rings (SSSR count). The van der Waals surface area contributed by atoms with Gasteiger partial charge in [0.15, 0.2) is 0 Å². The largest absolute Gasteiger partial charge is 0.369 e. The SMILES string of the molecule is c1ccc(C(CNc2ccccn2)c2ccccc2)cc1. The van der Waals surface area contributed by atoms with E-state index in [0.717, 1.165) is 12.4 Å². The van der Waals surface area contributed by atoms with Crippen LogP contribution in [0.5, 0.6) is 0 Å². The van der Waals surface area contributed by atoms with E-state index >= 15 is 0 Å². The van der Waals surface area contributed by atoms with Crippen molar-refractivity contribution in [3.8, 4) is 0 Å². The van der Waals surface area contributed by atoms with Gasteiger partial charge >= 0.3 is 0 Å². The summed E-state index contributed by atoms with van der Waals surface area (Å²) in [6.45, 7) is 0.824. The third kappa shape index (κ3) is 3.48. The zero-order chi connectivity index (χ0) is 14.3. The Bertz CT molecular complexity index is 611. The van der Waals surface area contributed by atoms with E-state index in [-0.39, 0.29) is 0 Å². The molecule has 104 valence electrons. The van der Waals surface area contributed by atoms with Gasteiger partial charge in [0.25, 0.3) is 0 Å². The molecule has 0 atom stereocenters. The molecule has 0 saturated heterocycles. The van der Waals surface area contributed by atoms with E-state index in [1.54, 1.807) is 0 Å². The molecule has 1 aromatic heterocycles. The van der Waals surface area contributed by atoms with Gasteiger partial charge in [-0.1, -0.05) is 66.7 Å². The highest BCUT2D eigenvalue weighted by Crippen LogP contribution is 2.24. The van der Waals surface area contributed by atoms with E-state index in [4.69, 9.17) is 0 Å². The van der Waals surface area contributed by atoms with E-state index in [0.29, 0.717) is 5.92 Å². The summed E-state index contributed by atoms with van der Waals surface area (Å²) < 4.78 is 0. The molecule has 1 heterocycles. The Hall–Kier alpha value is -2.61. The molecule has 0 aliphatic heterocycles. The second kappa shape index (κ2) is 6.71. The van der Waals surface area contributed by atoms with Crippen molar-refractivity contribution in [1.82, 2.24) is 4.98 Å². The van der Waals surface area contributed by atoms with Crippen molar-refractivity contribution >= 4 is 5.82 Å². The first kappa shape index (κ1) is 13.4. The summed E-state index contributed by atoms with van der Waals surface area (Å²) in [4.78, 5) is 4.33. The van der Waals surface area contributed by atoms with Crippen LogP contribution in [-0.2, 0) is 0 Å². The Labute approximate surface area is 125 Å². The number of pyridine rings is 1. The summed E-state index contributed by atoms with van der Waals surface area (Å²) in [5.41, 5.74) is 2.62. The number of aromatic nitrogens is 1. The van der Waals surface area contributed by atoms with Crippen molar-refractivity contribution < 1.29 is 0 Å². The Balaban J connectivity index is 1.83. The molecule has 3 aromatic rings. The van der Waals surface area contributed by atoms with E-state index in [2.05, 4.69) is 71.0 Å². The fraction of sp³-hybridized carbons (Fsp3) is 0.105. The average molecular weight is 274 g/mol. The summed E-state index contributed by atoms with van der Waals surface area (Å²) in [7, 11) is 0. The quantitative estimate of drug-likeness (QED) is 0.749. The minimum atomic E-state index is 0.314. The maximum atomic E-state index is 4.33. The molecule has 0 radical (unpaired) electrons. The smallest absolute Gasteiger partial charge is 0.125 e. The summed E-state index contributed by atoms with van der Waals surface area (Å²) >= 11 is 0. The first-order valence-electron chi connectivity index (χ1n) is 7.18. The zero-order valence-electron chi connectivity index (χ0n) is 11.8. The van der Waals surface area contributed by atoms with Gasteiger partial charge in [0.2, 0.25) is 0 Å². The Morgan fingerprint density at radius 1 is 0.714 bits per heavy atom. The lowest BCUT2D eigenvalue weighted by molar-refractivity contribution is 0.848. The maximum Gasteiger partial charge on any atom is 0.125 e. The molecular formula is C19H18N2. The van der Waals surface area contributed by atoms with Crippen molar-refractivity contribution in [3.63, 3.8) is 0 Å². The molecule has 0 unspecified atom stereocenters. The van der Waals surface area contributed by atoms with Crippen LogP contribution in [0, 0.1) is 0 Å². The van der Waals surface area contributed by atoms with Crippen LogP contribution >= 0.6 is 0 Å². The molecule has 0 bridgehead atoms. The molecule has 21 heavy (non-hydrogen) atoms. The van der Waals surface area contributed by atoms with Crippen molar-refractivity contribution in [1.29, 1.82) is 0 Å². The Kier molecular flexibility index (Phi) is 4.27. The Morgan fingerprint density at radius 3 is 1.81 bits per heavy atom. The van der Waals surface area contributed by atoms with Gasteiger partial charge in [-0.25, -0.2) is 4.98 Å². The number of anilines is 1. The van der Waals surface area contributed by atoms with Crippen molar-refractivity contribution in [2.75, 3.05) is 11.9 Å². The standard InChI is InChI=1S/C19H18N2/c1-3-9-16(10-4-1)18(17-11-5-2-6-12-17)15-21-19-13-7-8-14-20-19/h1-14,18H,15H2,(H,20,21). The van der Waals surface area contributed by atoms with Gasteiger partial charge in [0.1, 0.15) is 5.82 Å². The number of nitrogens with one attached hydrogen (secondary N) is 1. The van der Waals surface area contributed by atoms with Crippen LogP contribution in [0.4, 0.5) is 5.82 Å². The third-order valence-corrected chi connectivity index (χ3v) is 3.56. The van der Waals surface area contributed by atoms with Crippen LogP contribution in [0.2, 0.25) is 0 Å². The van der Waals surface area contributed by atoms with Crippen molar-refractivity contribution in [3.05, 3.63) is 96.2 Å².